The Balaban J connectivity index is 1.40. The van der Waals surface area contributed by atoms with Crippen LogP contribution >= 0.6 is 34.4 Å². The lowest BCUT2D eigenvalue weighted by molar-refractivity contribution is 0.371. The van der Waals surface area contributed by atoms with E-state index in [4.69, 9.17) is 23.0 Å². The molecular formula is C45H36N2O3S3. The third kappa shape index (κ3) is 6.54. The fourth-order valence-electron chi connectivity index (χ4n) is 6.78. The quantitative estimate of drug-likeness (QED) is 0.130. The Bertz CT molecular complexity index is 2580. The van der Waals surface area contributed by atoms with Gasteiger partial charge in [0.2, 0.25) is 0 Å². The Morgan fingerprint density at radius 1 is 0.491 bits per heavy atom. The molecule has 0 aliphatic carbocycles. The number of para-hydroxylation sites is 1. The number of methoxy groups -OCH3 is 1. The van der Waals surface area contributed by atoms with E-state index in [1.807, 2.05) is 54.6 Å². The molecule has 0 unspecified atom stereocenters. The van der Waals surface area contributed by atoms with Crippen molar-refractivity contribution in [3.8, 4) is 64.8 Å². The molecule has 0 aliphatic rings. The Labute approximate surface area is 321 Å². The van der Waals surface area contributed by atoms with Crippen LogP contribution in [0.25, 0.3) is 58.6 Å². The zero-order valence-electron chi connectivity index (χ0n) is 30.0. The van der Waals surface area contributed by atoms with Crippen molar-refractivity contribution >= 4 is 51.2 Å². The maximum Gasteiger partial charge on any atom is 0.181 e. The van der Waals surface area contributed by atoms with Gasteiger partial charge in [0.1, 0.15) is 28.3 Å². The number of hydrogen-bond donors (Lipinski definition) is 0. The minimum atomic E-state index is 0.569. The van der Waals surface area contributed by atoms with E-state index in [2.05, 4.69) is 94.9 Å². The van der Waals surface area contributed by atoms with Gasteiger partial charge in [-0.3, -0.25) is 0 Å². The summed E-state index contributed by atoms with van der Waals surface area (Å²) in [6.07, 6.45) is 0. The molecular weight excluding hydrogens is 713 g/mol. The third-order valence-corrected chi connectivity index (χ3v) is 12.2. The second kappa shape index (κ2) is 14.5. The Morgan fingerprint density at radius 3 is 1.34 bits per heavy atom. The second-order valence-electron chi connectivity index (χ2n) is 12.9. The summed E-state index contributed by atoms with van der Waals surface area (Å²) in [7, 11) is 1.62. The first-order chi connectivity index (χ1) is 25.8. The Morgan fingerprint density at radius 2 is 0.906 bits per heavy atom. The van der Waals surface area contributed by atoms with Crippen LogP contribution < -0.4 is 9.47 Å². The van der Waals surface area contributed by atoms with E-state index in [9.17, 15) is 0 Å². The molecule has 53 heavy (non-hydrogen) atoms. The minimum absolute atomic E-state index is 0.569. The van der Waals surface area contributed by atoms with Crippen LogP contribution in [0, 0.1) is 27.7 Å². The molecule has 0 atom stereocenters. The first-order valence-corrected chi connectivity index (χ1v) is 19.6. The van der Waals surface area contributed by atoms with Gasteiger partial charge in [-0.05, 0) is 122 Å². The number of nitrogens with zero attached hydrogens (tertiary/aromatic N) is 2. The van der Waals surface area contributed by atoms with Gasteiger partial charge in [0, 0.05) is 25.1 Å². The molecule has 0 aliphatic heterocycles. The van der Waals surface area contributed by atoms with Gasteiger partial charge in [0.05, 0.1) is 30.0 Å². The van der Waals surface area contributed by atoms with Crippen LogP contribution in [0.5, 0.6) is 23.0 Å². The average Bonchev–Trinajstić information content (AvgIpc) is 3.95. The molecule has 0 saturated carbocycles. The van der Waals surface area contributed by atoms with E-state index in [0.717, 1.165) is 37.5 Å². The maximum absolute atomic E-state index is 7.02. The molecule has 262 valence electrons. The predicted molar refractivity (Wildman–Crippen MR) is 223 cm³/mol. The van der Waals surface area contributed by atoms with Gasteiger partial charge in [0.15, 0.2) is 11.5 Å². The van der Waals surface area contributed by atoms with Gasteiger partial charge >= 0.3 is 0 Å². The molecule has 0 saturated heterocycles. The number of thiophene rings is 2. The lowest BCUT2D eigenvalue weighted by Gasteiger charge is -2.20. The molecule has 3 aromatic heterocycles. The molecule has 3 heterocycles. The number of aromatic nitrogens is 2. The van der Waals surface area contributed by atoms with Crippen molar-refractivity contribution in [2.24, 2.45) is 0 Å². The summed E-state index contributed by atoms with van der Waals surface area (Å²) in [5, 5.41) is 0. The zero-order valence-corrected chi connectivity index (χ0v) is 32.5. The van der Waals surface area contributed by atoms with Gasteiger partial charge < -0.3 is 14.2 Å². The van der Waals surface area contributed by atoms with Crippen molar-refractivity contribution in [1.82, 2.24) is 8.75 Å². The van der Waals surface area contributed by atoms with E-state index < -0.39 is 0 Å². The molecule has 0 fully saturated rings. The van der Waals surface area contributed by atoms with Crippen molar-refractivity contribution in [2.45, 2.75) is 27.7 Å². The van der Waals surface area contributed by atoms with Gasteiger partial charge in [0.25, 0.3) is 0 Å². The molecule has 8 heteroatoms. The first-order valence-electron chi connectivity index (χ1n) is 17.2. The summed E-state index contributed by atoms with van der Waals surface area (Å²) in [5.74, 6) is 3.05. The number of rotatable bonds is 10. The van der Waals surface area contributed by atoms with Crippen molar-refractivity contribution in [1.29, 1.82) is 0 Å². The molecule has 0 bridgehead atoms. The molecule has 0 N–H and O–H groups in total. The molecule has 0 spiro atoms. The van der Waals surface area contributed by atoms with Crippen molar-refractivity contribution in [2.75, 3.05) is 7.11 Å². The summed E-state index contributed by atoms with van der Waals surface area (Å²) in [6, 6.07) is 39.2. The summed E-state index contributed by atoms with van der Waals surface area (Å²) in [5.41, 5.74) is 11.5. The van der Waals surface area contributed by atoms with Crippen LogP contribution in [0.2, 0.25) is 0 Å². The molecule has 0 radical (unpaired) electrons. The topological polar surface area (TPSA) is 53.5 Å². The number of hydrogen-bond acceptors (Lipinski definition) is 8. The van der Waals surface area contributed by atoms with Crippen molar-refractivity contribution < 1.29 is 14.2 Å². The number of fused-ring (bicyclic) bond motifs is 1. The number of ether oxygens (including phenoxy) is 3. The monoisotopic (exact) mass is 748 g/mol. The van der Waals surface area contributed by atoms with E-state index in [-0.39, 0.29) is 0 Å². The first kappa shape index (κ1) is 34.5. The highest BCUT2D eigenvalue weighted by molar-refractivity contribution is 7.19. The van der Waals surface area contributed by atoms with Crippen LogP contribution in [0.4, 0.5) is 0 Å². The van der Waals surface area contributed by atoms with Crippen LogP contribution in [-0.2, 0) is 4.74 Å². The van der Waals surface area contributed by atoms with Gasteiger partial charge in [-0.15, -0.1) is 22.7 Å². The normalized spacial score (nSPS) is 11.2. The van der Waals surface area contributed by atoms with E-state index in [1.54, 1.807) is 29.8 Å². The highest BCUT2D eigenvalue weighted by Gasteiger charge is 2.30. The molecule has 5 nitrogen and oxygen atoms in total. The minimum Gasteiger partial charge on any atom is -0.497 e. The lowest BCUT2D eigenvalue weighted by atomic mass is 10.0. The molecule has 5 aromatic carbocycles. The van der Waals surface area contributed by atoms with Gasteiger partial charge in [-0.25, -0.2) is 0 Å². The zero-order chi connectivity index (χ0) is 36.6. The third-order valence-electron chi connectivity index (χ3n) is 9.39. The largest absolute Gasteiger partial charge is 0.497 e. The highest BCUT2D eigenvalue weighted by atomic mass is 32.1. The summed E-state index contributed by atoms with van der Waals surface area (Å²) >= 11 is 4.64. The Kier molecular flexibility index (Phi) is 9.43. The van der Waals surface area contributed by atoms with E-state index in [1.165, 1.54) is 54.9 Å². The number of benzene rings is 5. The summed E-state index contributed by atoms with van der Waals surface area (Å²) in [6.45, 7) is 12.7. The smallest absolute Gasteiger partial charge is 0.181 e. The highest BCUT2D eigenvalue weighted by Crippen LogP contribution is 2.56. The molecule has 0 amide bonds. The van der Waals surface area contributed by atoms with Crippen LogP contribution in [0.3, 0.4) is 0 Å². The van der Waals surface area contributed by atoms with Crippen molar-refractivity contribution in [3.05, 3.63) is 150 Å². The fourth-order valence-corrected chi connectivity index (χ4v) is 9.79. The van der Waals surface area contributed by atoms with E-state index in [0.29, 0.717) is 28.8 Å². The average molecular weight is 749 g/mol. The van der Waals surface area contributed by atoms with Crippen LogP contribution in [-0.4, -0.2) is 15.9 Å². The number of aryl methyl sites for hydroxylation is 4. The van der Waals surface area contributed by atoms with Gasteiger partial charge in [-0.2, -0.15) is 8.75 Å². The standard InChI is InChI=1S/C45H36N2O3S3/c1-26-12-10-13-27(2)38(26)34-22-24-36(51-34)40-42-43(47-53-46-42)41(37-25-23-35(52-37)39-28(3)14-11-15-29(39)4)45(44(40)49-32-16-8-7-9-17-32)50-33-20-18-31(19-21-33)30(5)48-6/h7-25H,5H2,1-4,6H3. The van der Waals surface area contributed by atoms with Gasteiger partial charge in [-0.1, -0.05) is 61.2 Å². The summed E-state index contributed by atoms with van der Waals surface area (Å²) in [4.78, 5) is 4.37. The maximum atomic E-state index is 7.02. The Hall–Kier alpha value is -5.54. The lowest BCUT2D eigenvalue weighted by Crippen LogP contribution is -1.98. The fraction of sp³-hybridized carbons (Fsp3) is 0.111. The molecule has 8 rings (SSSR count). The SMILES string of the molecule is C=C(OC)c1ccc(Oc2c(Oc3ccccc3)c(-c3ccc(-c4c(C)cccc4C)s3)c3nsnc3c2-c2ccc(-c3c(C)cccc3C)s2)cc1. The van der Waals surface area contributed by atoms with Crippen LogP contribution in [0.1, 0.15) is 27.8 Å². The summed E-state index contributed by atoms with van der Waals surface area (Å²) < 4.78 is 29.3. The van der Waals surface area contributed by atoms with Crippen molar-refractivity contribution in [3.63, 3.8) is 0 Å². The van der Waals surface area contributed by atoms with E-state index >= 15 is 0 Å². The molecule has 8 aromatic rings. The second-order valence-corrected chi connectivity index (χ2v) is 15.6. The van der Waals surface area contributed by atoms with Crippen LogP contribution in [0.15, 0.2) is 122 Å². The predicted octanol–water partition coefficient (Wildman–Crippen LogP) is 13.9.